The highest BCUT2D eigenvalue weighted by molar-refractivity contribution is 6.60. The van der Waals surface area contributed by atoms with Gasteiger partial charge in [0, 0.05) is 53.7 Å². The molecule has 0 aromatic rings. The summed E-state index contributed by atoms with van der Waals surface area (Å²) in [6, 6.07) is 0.769. The first-order valence-electron chi connectivity index (χ1n) is 6.77. The van der Waals surface area contributed by atoms with Crippen molar-refractivity contribution in [2.24, 2.45) is 0 Å². The number of aliphatic hydroxyl groups is 2. The van der Waals surface area contributed by atoms with Gasteiger partial charge in [0.15, 0.2) is 0 Å². The lowest BCUT2D eigenvalue weighted by Crippen LogP contribution is -2.43. The quantitative estimate of drug-likeness (QED) is 0.477. The van der Waals surface area contributed by atoms with E-state index in [1.54, 1.807) is 21.3 Å². The molecule has 0 heterocycles. The Morgan fingerprint density at radius 2 is 1.21 bits per heavy atom. The van der Waals surface area contributed by atoms with Gasteiger partial charge in [-0.05, 0) is 25.8 Å². The van der Waals surface area contributed by atoms with Crippen LogP contribution in [-0.2, 0) is 13.3 Å². The molecule has 19 heavy (non-hydrogen) atoms. The normalized spacial score (nSPS) is 12.3. The standard InChI is InChI=1S/C12H29NO5Si/c1-16-19(17-2,18-3)12-6-9-13(7-4-10-14)8-5-11-15/h14-15H,4-12H2,1-3H3. The zero-order valence-electron chi connectivity index (χ0n) is 12.4. The third kappa shape index (κ3) is 7.98. The Bertz CT molecular complexity index is 188. The van der Waals surface area contributed by atoms with Crippen molar-refractivity contribution in [1.82, 2.24) is 4.90 Å². The first-order valence-corrected chi connectivity index (χ1v) is 8.70. The Morgan fingerprint density at radius 1 is 0.789 bits per heavy atom. The molecule has 6 nitrogen and oxygen atoms in total. The SMILES string of the molecule is CO[Si](CCCN(CCCO)CCCO)(OC)OC. The fraction of sp³-hybridized carbons (Fsp3) is 1.00. The van der Waals surface area contributed by atoms with Gasteiger partial charge < -0.3 is 28.4 Å². The van der Waals surface area contributed by atoms with Crippen LogP contribution in [0.2, 0.25) is 6.04 Å². The maximum atomic E-state index is 8.88. The van der Waals surface area contributed by atoms with Crippen LogP contribution in [0, 0.1) is 0 Å². The molecule has 0 rings (SSSR count). The van der Waals surface area contributed by atoms with Crippen LogP contribution in [0.25, 0.3) is 0 Å². The third-order valence-corrected chi connectivity index (χ3v) is 5.99. The van der Waals surface area contributed by atoms with Gasteiger partial charge in [-0.3, -0.25) is 0 Å². The Labute approximate surface area is 117 Å². The monoisotopic (exact) mass is 295 g/mol. The number of aliphatic hydroxyl groups excluding tert-OH is 2. The molecule has 116 valence electrons. The van der Waals surface area contributed by atoms with Crippen molar-refractivity contribution < 1.29 is 23.5 Å². The molecule has 0 aliphatic carbocycles. The summed E-state index contributed by atoms with van der Waals surface area (Å²) in [4.78, 5) is 2.24. The summed E-state index contributed by atoms with van der Waals surface area (Å²) in [6.07, 6.45) is 2.43. The zero-order valence-corrected chi connectivity index (χ0v) is 13.4. The van der Waals surface area contributed by atoms with E-state index in [0.29, 0.717) is 0 Å². The molecular weight excluding hydrogens is 266 g/mol. The smallest absolute Gasteiger partial charge is 0.396 e. The molecule has 0 unspecified atom stereocenters. The highest BCUT2D eigenvalue weighted by atomic mass is 28.4. The lowest BCUT2D eigenvalue weighted by atomic mass is 10.3. The summed E-state index contributed by atoms with van der Waals surface area (Å²) in [5.41, 5.74) is 0. The highest BCUT2D eigenvalue weighted by Gasteiger charge is 2.36. The Kier molecular flexibility index (Phi) is 11.8. The highest BCUT2D eigenvalue weighted by Crippen LogP contribution is 2.15. The fourth-order valence-corrected chi connectivity index (χ4v) is 3.70. The molecule has 0 aliphatic heterocycles. The molecule has 0 fully saturated rings. The predicted molar refractivity (Wildman–Crippen MR) is 76.1 cm³/mol. The number of rotatable bonds is 13. The molecular formula is C12H29NO5Si. The van der Waals surface area contributed by atoms with Gasteiger partial charge in [-0.25, -0.2) is 0 Å². The van der Waals surface area contributed by atoms with Crippen molar-refractivity contribution in [3.8, 4) is 0 Å². The molecule has 0 saturated heterocycles. The maximum Gasteiger partial charge on any atom is 0.500 e. The molecule has 0 spiro atoms. The third-order valence-electron chi connectivity index (χ3n) is 3.16. The molecule has 7 heteroatoms. The van der Waals surface area contributed by atoms with Gasteiger partial charge in [-0.15, -0.1) is 0 Å². The molecule has 2 N–H and O–H groups in total. The lowest BCUT2D eigenvalue weighted by molar-refractivity contribution is 0.120. The molecule has 0 aromatic carbocycles. The fourth-order valence-electron chi connectivity index (χ4n) is 2.00. The van der Waals surface area contributed by atoms with Crippen LogP contribution in [0.15, 0.2) is 0 Å². The molecule has 0 atom stereocenters. The minimum atomic E-state index is -2.47. The van der Waals surface area contributed by atoms with E-state index in [1.165, 1.54) is 0 Å². The van der Waals surface area contributed by atoms with E-state index in [0.717, 1.165) is 44.9 Å². The van der Waals surface area contributed by atoms with Crippen LogP contribution < -0.4 is 0 Å². The Balaban J connectivity index is 4.07. The lowest BCUT2D eigenvalue weighted by Gasteiger charge is -2.26. The van der Waals surface area contributed by atoms with Gasteiger partial charge in [-0.1, -0.05) is 0 Å². The summed E-state index contributed by atoms with van der Waals surface area (Å²) in [5.74, 6) is 0. The van der Waals surface area contributed by atoms with Gasteiger partial charge >= 0.3 is 8.80 Å². The minimum Gasteiger partial charge on any atom is -0.396 e. The number of nitrogens with zero attached hydrogens (tertiary/aromatic N) is 1. The first-order chi connectivity index (χ1) is 9.17. The second-order valence-electron chi connectivity index (χ2n) is 4.39. The van der Waals surface area contributed by atoms with Crippen molar-refractivity contribution >= 4 is 8.80 Å². The van der Waals surface area contributed by atoms with Crippen LogP contribution in [0.4, 0.5) is 0 Å². The summed E-state index contributed by atoms with van der Waals surface area (Å²) in [6.45, 7) is 2.98. The molecule has 0 bridgehead atoms. The summed E-state index contributed by atoms with van der Waals surface area (Å²) in [5, 5.41) is 17.8. The van der Waals surface area contributed by atoms with Gasteiger partial charge in [0.05, 0.1) is 0 Å². The van der Waals surface area contributed by atoms with E-state index in [1.807, 2.05) is 0 Å². The average molecular weight is 295 g/mol. The van der Waals surface area contributed by atoms with Gasteiger partial charge in [0.1, 0.15) is 0 Å². The Morgan fingerprint density at radius 3 is 1.58 bits per heavy atom. The van der Waals surface area contributed by atoms with Crippen molar-refractivity contribution in [2.45, 2.75) is 25.3 Å². The predicted octanol–water partition coefficient (Wildman–Crippen LogP) is 0.321. The van der Waals surface area contributed by atoms with Crippen molar-refractivity contribution in [1.29, 1.82) is 0 Å². The summed E-state index contributed by atoms with van der Waals surface area (Å²) < 4.78 is 16.1. The van der Waals surface area contributed by atoms with E-state index in [-0.39, 0.29) is 13.2 Å². The van der Waals surface area contributed by atoms with E-state index >= 15 is 0 Å². The van der Waals surface area contributed by atoms with Gasteiger partial charge in [0.25, 0.3) is 0 Å². The summed E-state index contributed by atoms with van der Waals surface area (Å²) >= 11 is 0. The topological polar surface area (TPSA) is 71.4 Å². The minimum absolute atomic E-state index is 0.197. The van der Waals surface area contributed by atoms with Crippen LogP contribution in [0.3, 0.4) is 0 Å². The van der Waals surface area contributed by atoms with Crippen molar-refractivity contribution in [3.05, 3.63) is 0 Å². The second-order valence-corrected chi connectivity index (χ2v) is 7.49. The largest absolute Gasteiger partial charge is 0.500 e. The van der Waals surface area contributed by atoms with Gasteiger partial charge in [0.2, 0.25) is 0 Å². The van der Waals surface area contributed by atoms with Crippen molar-refractivity contribution in [2.75, 3.05) is 54.2 Å². The Hall–Kier alpha value is -0.0231. The molecule has 0 amide bonds. The van der Waals surface area contributed by atoms with E-state index in [9.17, 15) is 0 Å². The molecule has 0 saturated carbocycles. The van der Waals surface area contributed by atoms with Crippen LogP contribution >= 0.6 is 0 Å². The zero-order chi connectivity index (χ0) is 14.6. The molecule has 0 aromatic heterocycles. The van der Waals surface area contributed by atoms with E-state index in [4.69, 9.17) is 23.5 Å². The number of hydrogen-bond acceptors (Lipinski definition) is 6. The van der Waals surface area contributed by atoms with E-state index in [2.05, 4.69) is 4.90 Å². The molecule has 0 aliphatic rings. The van der Waals surface area contributed by atoms with Crippen LogP contribution in [-0.4, -0.2) is 78.1 Å². The number of hydrogen-bond donors (Lipinski definition) is 2. The maximum absolute atomic E-state index is 8.88. The summed E-state index contributed by atoms with van der Waals surface area (Å²) in [7, 11) is 2.39. The second kappa shape index (κ2) is 11.8. The van der Waals surface area contributed by atoms with Crippen LogP contribution in [0.1, 0.15) is 19.3 Å². The average Bonchev–Trinajstić information content (AvgIpc) is 2.46. The first kappa shape index (κ1) is 19.0. The van der Waals surface area contributed by atoms with Gasteiger partial charge in [-0.2, -0.15) is 0 Å². The van der Waals surface area contributed by atoms with Crippen LogP contribution in [0.5, 0.6) is 0 Å². The van der Waals surface area contributed by atoms with E-state index < -0.39 is 8.80 Å². The van der Waals surface area contributed by atoms with Crippen molar-refractivity contribution in [3.63, 3.8) is 0 Å². The molecule has 0 radical (unpaired) electrons.